The lowest BCUT2D eigenvalue weighted by molar-refractivity contribution is 0.102. The number of phenolic OH excluding ortho intramolecular Hbond substituents is 1. The SMILES string of the molecule is COc1c(NC(=O)c2ccc(C)c(O)c2)cc(C(C)(C)C)cc1NS(C)=O. The van der Waals surface area contributed by atoms with Crippen LogP contribution in [-0.4, -0.2) is 28.6 Å². The van der Waals surface area contributed by atoms with E-state index >= 15 is 0 Å². The van der Waals surface area contributed by atoms with Gasteiger partial charge >= 0.3 is 0 Å². The summed E-state index contributed by atoms with van der Waals surface area (Å²) < 4.78 is 20.0. The molecule has 2 aromatic rings. The van der Waals surface area contributed by atoms with Crippen molar-refractivity contribution in [3.8, 4) is 11.5 Å². The third-order valence-electron chi connectivity index (χ3n) is 4.13. The molecule has 146 valence electrons. The first kappa shape index (κ1) is 20.8. The maximum absolute atomic E-state index is 12.7. The first-order valence-corrected chi connectivity index (χ1v) is 10.0. The fourth-order valence-corrected chi connectivity index (χ4v) is 3.01. The van der Waals surface area contributed by atoms with Gasteiger partial charge in [0.2, 0.25) is 0 Å². The molecule has 0 fully saturated rings. The first-order chi connectivity index (χ1) is 12.5. The molecule has 0 aromatic heterocycles. The van der Waals surface area contributed by atoms with Crippen LogP contribution in [0.15, 0.2) is 30.3 Å². The van der Waals surface area contributed by atoms with Crippen molar-refractivity contribution in [2.24, 2.45) is 0 Å². The Bertz CT molecular complexity index is 888. The summed E-state index contributed by atoms with van der Waals surface area (Å²) in [6.07, 6.45) is 1.52. The Morgan fingerprint density at radius 2 is 1.78 bits per heavy atom. The molecule has 0 heterocycles. The van der Waals surface area contributed by atoms with Crippen molar-refractivity contribution in [1.29, 1.82) is 0 Å². The van der Waals surface area contributed by atoms with E-state index in [0.717, 1.165) is 5.56 Å². The second-order valence-corrected chi connectivity index (χ2v) is 8.48. The van der Waals surface area contributed by atoms with Crippen molar-refractivity contribution in [2.45, 2.75) is 33.1 Å². The average Bonchev–Trinajstić information content (AvgIpc) is 2.55. The van der Waals surface area contributed by atoms with Crippen molar-refractivity contribution in [2.75, 3.05) is 23.4 Å². The second kappa shape index (κ2) is 8.00. The number of aryl methyl sites for hydroxylation is 1. The molecule has 0 spiro atoms. The van der Waals surface area contributed by atoms with Gasteiger partial charge in [-0.25, -0.2) is 4.21 Å². The van der Waals surface area contributed by atoms with Crippen LogP contribution in [0.1, 0.15) is 42.3 Å². The van der Waals surface area contributed by atoms with Gasteiger partial charge in [-0.2, -0.15) is 0 Å². The quantitative estimate of drug-likeness (QED) is 0.721. The molecule has 2 aromatic carbocycles. The summed E-state index contributed by atoms with van der Waals surface area (Å²) in [6, 6.07) is 8.46. The summed E-state index contributed by atoms with van der Waals surface area (Å²) in [5, 5.41) is 12.7. The standard InChI is InChI=1S/C20H26N2O4S/c1-12-7-8-13(9-17(12)23)19(24)21-15-10-14(20(2,3)4)11-16(18(15)26-5)22-27(6)25/h7-11,22-23H,1-6H3,(H,21,24). The highest BCUT2D eigenvalue weighted by molar-refractivity contribution is 7.85. The Hall–Kier alpha value is -2.54. The Labute approximate surface area is 162 Å². The van der Waals surface area contributed by atoms with Crippen LogP contribution in [0.3, 0.4) is 0 Å². The molecule has 3 N–H and O–H groups in total. The maximum atomic E-state index is 12.7. The van der Waals surface area contributed by atoms with Crippen molar-refractivity contribution < 1.29 is 18.8 Å². The van der Waals surface area contributed by atoms with E-state index in [1.807, 2.05) is 32.9 Å². The van der Waals surface area contributed by atoms with Gasteiger partial charge in [-0.05, 0) is 47.7 Å². The number of benzene rings is 2. The second-order valence-electron chi connectivity index (χ2n) is 7.37. The number of methoxy groups -OCH3 is 1. The molecule has 0 aliphatic heterocycles. The molecular formula is C20H26N2O4S. The minimum Gasteiger partial charge on any atom is -0.508 e. The summed E-state index contributed by atoms with van der Waals surface area (Å²) in [5.74, 6) is 0.0721. The topological polar surface area (TPSA) is 87.7 Å². The minimum atomic E-state index is -1.30. The van der Waals surface area contributed by atoms with Crippen LogP contribution in [0, 0.1) is 6.92 Å². The number of ether oxygens (including phenoxy) is 1. The largest absolute Gasteiger partial charge is 0.508 e. The lowest BCUT2D eigenvalue weighted by atomic mass is 9.86. The summed E-state index contributed by atoms with van der Waals surface area (Å²) in [4.78, 5) is 12.7. The van der Waals surface area contributed by atoms with Crippen LogP contribution in [0.25, 0.3) is 0 Å². The van der Waals surface area contributed by atoms with E-state index < -0.39 is 11.0 Å². The number of phenols is 1. The predicted octanol–water partition coefficient (Wildman–Crippen LogP) is 3.96. The zero-order valence-electron chi connectivity index (χ0n) is 16.5. The van der Waals surface area contributed by atoms with Gasteiger partial charge in [0, 0.05) is 11.8 Å². The van der Waals surface area contributed by atoms with Crippen molar-refractivity contribution in [3.05, 3.63) is 47.0 Å². The summed E-state index contributed by atoms with van der Waals surface area (Å²) in [5.41, 5.74) is 2.76. The minimum absolute atomic E-state index is 0.0572. The van der Waals surface area contributed by atoms with E-state index in [1.165, 1.54) is 19.4 Å². The first-order valence-electron chi connectivity index (χ1n) is 8.46. The molecule has 2 rings (SSSR count). The van der Waals surface area contributed by atoms with Crippen LogP contribution in [0.5, 0.6) is 11.5 Å². The van der Waals surface area contributed by atoms with Crippen LogP contribution >= 0.6 is 0 Å². The smallest absolute Gasteiger partial charge is 0.255 e. The zero-order chi connectivity index (χ0) is 20.4. The van der Waals surface area contributed by atoms with Crippen LogP contribution in [-0.2, 0) is 16.4 Å². The summed E-state index contributed by atoms with van der Waals surface area (Å²) in [6.45, 7) is 7.90. The van der Waals surface area contributed by atoms with Gasteiger partial charge in [0.25, 0.3) is 5.91 Å². The zero-order valence-corrected chi connectivity index (χ0v) is 17.3. The lowest BCUT2D eigenvalue weighted by Gasteiger charge is -2.23. The monoisotopic (exact) mass is 390 g/mol. The summed E-state index contributed by atoms with van der Waals surface area (Å²) >= 11 is 0. The number of rotatable bonds is 5. The Morgan fingerprint density at radius 3 is 2.30 bits per heavy atom. The summed E-state index contributed by atoms with van der Waals surface area (Å²) in [7, 11) is 0.187. The molecule has 7 heteroatoms. The van der Waals surface area contributed by atoms with E-state index in [4.69, 9.17) is 4.74 Å². The molecule has 0 saturated carbocycles. The van der Waals surface area contributed by atoms with Gasteiger partial charge in [-0.1, -0.05) is 26.8 Å². The number of hydrogen-bond acceptors (Lipinski definition) is 4. The van der Waals surface area contributed by atoms with Crippen LogP contribution in [0.4, 0.5) is 11.4 Å². The highest BCUT2D eigenvalue weighted by atomic mass is 32.2. The molecule has 0 aliphatic rings. The number of nitrogens with one attached hydrogen (secondary N) is 2. The third-order valence-corrected chi connectivity index (χ3v) is 4.64. The van der Waals surface area contributed by atoms with Gasteiger partial charge in [0.15, 0.2) is 5.75 Å². The molecule has 0 bridgehead atoms. The molecule has 1 unspecified atom stereocenters. The highest BCUT2D eigenvalue weighted by Gasteiger charge is 2.21. The predicted molar refractivity (Wildman–Crippen MR) is 110 cm³/mol. The molecular weight excluding hydrogens is 364 g/mol. The number of hydrogen-bond donors (Lipinski definition) is 3. The van der Waals surface area contributed by atoms with Gasteiger partial charge < -0.3 is 19.9 Å². The van der Waals surface area contributed by atoms with E-state index in [9.17, 15) is 14.1 Å². The number of carbonyl (C=O) groups is 1. The van der Waals surface area contributed by atoms with Crippen molar-refractivity contribution >= 4 is 28.3 Å². The highest BCUT2D eigenvalue weighted by Crippen LogP contribution is 2.39. The normalized spacial score (nSPS) is 12.4. The van der Waals surface area contributed by atoms with Gasteiger partial charge in [0.05, 0.1) is 18.5 Å². The van der Waals surface area contributed by atoms with Gasteiger partial charge in [0.1, 0.15) is 16.7 Å². The molecule has 0 aliphatic carbocycles. The van der Waals surface area contributed by atoms with Crippen molar-refractivity contribution in [1.82, 2.24) is 0 Å². The Morgan fingerprint density at radius 1 is 1.15 bits per heavy atom. The third kappa shape index (κ3) is 5.01. The van der Waals surface area contributed by atoms with E-state index in [-0.39, 0.29) is 17.1 Å². The van der Waals surface area contributed by atoms with E-state index in [0.29, 0.717) is 28.3 Å². The van der Waals surface area contributed by atoms with Crippen LogP contribution in [0.2, 0.25) is 0 Å². The molecule has 1 amide bonds. The van der Waals surface area contributed by atoms with Crippen LogP contribution < -0.4 is 14.8 Å². The lowest BCUT2D eigenvalue weighted by Crippen LogP contribution is -2.17. The fourth-order valence-electron chi connectivity index (χ4n) is 2.55. The fraction of sp³-hybridized carbons (Fsp3) is 0.350. The number of carbonyl (C=O) groups excluding carboxylic acids is 1. The van der Waals surface area contributed by atoms with E-state index in [2.05, 4.69) is 10.0 Å². The van der Waals surface area contributed by atoms with Gasteiger partial charge in [-0.15, -0.1) is 0 Å². The molecule has 6 nitrogen and oxygen atoms in total. The molecule has 0 saturated heterocycles. The number of amides is 1. The molecule has 0 radical (unpaired) electrons. The van der Waals surface area contributed by atoms with Gasteiger partial charge in [-0.3, -0.25) is 4.79 Å². The maximum Gasteiger partial charge on any atom is 0.255 e. The molecule has 1 atom stereocenters. The van der Waals surface area contributed by atoms with E-state index in [1.54, 1.807) is 19.1 Å². The Balaban J connectivity index is 2.51. The Kier molecular flexibility index (Phi) is 6.15. The number of aromatic hydroxyl groups is 1. The van der Waals surface area contributed by atoms with Crippen molar-refractivity contribution in [3.63, 3.8) is 0 Å². The molecule has 27 heavy (non-hydrogen) atoms. The number of anilines is 2. The average molecular weight is 391 g/mol.